The van der Waals surface area contributed by atoms with Gasteiger partial charge in [-0.25, -0.2) is 0 Å². The van der Waals surface area contributed by atoms with Crippen molar-refractivity contribution in [3.63, 3.8) is 0 Å². The second kappa shape index (κ2) is 11.4. The quantitative estimate of drug-likeness (QED) is 0.360. The first-order valence-corrected chi connectivity index (χ1v) is 9.44. The molecule has 0 atom stereocenters. The van der Waals surface area contributed by atoms with Crippen LogP contribution in [0.4, 0.5) is 4.79 Å². The molecule has 0 aliphatic heterocycles. The van der Waals surface area contributed by atoms with Gasteiger partial charge in [0.1, 0.15) is 0 Å². The van der Waals surface area contributed by atoms with Crippen LogP contribution in [0.25, 0.3) is 0 Å². The molecular formula is C18H25NOSe. The number of hydrogen-bond acceptors (Lipinski definition) is 1. The van der Waals surface area contributed by atoms with Crippen LogP contribution in [0.5, 0.6) is 0 Å². The van der Waals surface area contributed by atoms with E-state index >= 15 is 0 Å². The molecule has 0 bridgehead atoms. The minimum atomic E-state index is -0.103. The molecule has 0 aromatic heterocycles. The molecule has 0 aliphatic carbocycles. The Morgan fingerprint density at radius 2 is 1.86 bits per heavy atom. The van der Waals surface area contributed by atoms with Gasteiger partial charge in [-0.15, -0.1) is 0 Å². The van der Waals surface area contributed by atoms with Crippen LogP contribution in [0.2, 0.25) is 0 Å². The maximum atomic E-state index is 12.5. The summed E-state index contributed by atoms with van der Waals surface area (Å²) >= 11 is -0.103. The molecule has 3 heteroatoms. The van der Waals surface area contributed by atoms with Crippen molar-refractivity contribution in [3.8, 4) is 12.3 Å². The summed E-state index contributed by atoms with van der Waals surface area (Å²) in [5, 5.41) is 0. The maximum absolute atomic E-state index is 12.5. The van der Waals surface area contributed by atoms with Crippen LogP contribution in [-0.2, 0) is 0 Å². The van der Waals surface area contributed by atoms with E-state index in [-0.39, 0.29) is 15.0 Å². The van der Waals surface area contributed by atoms with Crippen LogP contribution >= 0.6 is 0 Å². The third-order valence-electron chi connectivity index (χ3n) is 3.24. The van der Waals surface area contributed by atoms with E-state index in [1.54, 1.807) is 0 Å². The minimum absolute atomic E-state index is 0.103. The molecule has 0 fully saturated rings. The van der Waals surface area contributed by atoms with Gasteiger partial charge in [-0.2, -0.15) is 0 Å². The number of benzene rings is 1. The number of carbonyl (C=O) groups excluding carboxylic acids is 1. The van der Waals surface area contributed by atoms with E-state index in [0.717, 1.165) is 56.1 Å². The molecule has 0 radical (unpaired) electrons. The van der Waals surface area contributed by atoms with Gasteiger partial charge in [-0.1, -0.05) is 0 Å². The molecule has 0 spiro atoms. The fourth-order valence-electron chi connectivity index (χ4n) is 2.00. The summed E-state index contributed by atoms with van der Waals surface area (Å²) in [6, 6.07) is 10.1. The number of hydrogen-bond donors (Lipinski definition) is 0. The Labute approximate surface area is 135 Å². The summed E-state index contributed by atoms with van der Waals surface area (Å²) in [6.07, 6.45) is 11.5. The van der Waals surface area contributed by atoms with Crippen molar-refractivity contribution in [1.82, 2.24) is 4.90 Å². The van der Waals surface area contributed by atoms with Gasteiger partial charge in [0.15, 0.2) is 0 Å². The second-order valence-corrected chi connectivity index (χ2v) is 7.19. The molecule has 1 aromatic carbocycles. The zero-order chi connectivity index (χ0) is 15.3. The van der Waals surface area contributed by atoms with E-state index in [1.807, 2.05) is 35.2 Å². The fraction of sp³-hybridized carbons (Fsp3) is 0.500. The van der Waals surface area contributed by atoms with E-state index in [2.05, 4.69) is 12.8 Å². The van der Waals surface area contributed by atoms with E-state index in [4.69, 9.17) is 6.42 Å². The molecule has 1 rings (SSSR count). The van der Waals surface area contributed by atoms with E-state index in [9.17, 15) is 4.79 Å². The Morgan fingerprint density at radius 3 is 2.52 bits per heavy atom. The second-order valence-electron chi connectivity index (χ2n) is 5.04. The van der Waals surface area contributed by atoms with Gasteiger partial charge in [0.25, 0.3) is 0 Å². The zero-order valence-corrected chi connectivity index (χ0v) is 14.6. The Balaban J connectivity index is 2.43. The number of unbranched alkanes of at least 4 members (excludes halogenated alkanes) is 4. The third kappa shape index (κ3) is 7.95. The molecule has 0 N–H and O–H groups in total. The van der Waals surface area contributed by atoms with Crippen molar-refractivity contribution in [2.24, 2.45) is 0 Å². The standard InChI is InChI=1S/C18H25NOSe/c1-3-5-7-8-12-16-19(15-6-4-2)18(20)21-17-13-10-9-11-14-17/h1,9-11,13-14H,4-8,12,15-16H2,2H3. The topological polar surface area (TPSA) is 20.3 Å². The summed E-state index contributed by atoms with van der Waals surface area (Å²) in [5.41, 5.74) is 0. The van der Waals surface area contributed by atoms with Gasteiger partial charge >= 0.3 is 135 Å². The first kappa shape index (κ1) is 17.8. The molecule has 21 heavy (non-hydrogen) atoms. The number of nitrogens with zero attached hydrogens (tertiary/aromatic N) is 1. The van der Waals surface area contributed by atoms with E-state index < -0.39 is 0 Å². The fourth-order valence-corrected chi connectivity index (χ4v) is 3.70. The average molecular weight is 350 g/mol. The number of terminal acetylenes is 1. The molecule has 1 aromatic rings. The van der Waals surface area contributed by atoms with Crippen molar-refractivity contribution < 1.29 is 4.79 Å². The van der Waals surface area contributed by atoms with Crippen LogP contribution in [0.3, 0.4) is 0 Å². The SMILES string of the molecule is C#CCCCCCN(CCCC)C(=O)[Se]c1ccccc1. The van der Waals surface area contributed by atoms with E-state index in [1.165, 1.54) is 0 Å². The normalized spacial score (nSPS) is 10.1. The number of carbonyl (C=O) groups is 1. The van der Waals surface area contributed by atoms with Crippen LogP contribution in [0.1, 0.15) is 45.4 Å². The average Bonchev–Trinajstić information content (AvgIpc) is 2.51. The monoisotopic (exact) mass is 351 g/mol. The van der Waals surface area contributed by atoms with Gasteiger partial charge in [-0.05, 0) is 0 Å². The van der Waals surface area contributed by atoms with Crippen molar-refractivity contribution >= 4 is 24.2 Å². The Morgan fingerprint density at radius 1 is 1.14 bits per heavy atom. The first-order valence-electron chi connectivity index (χ1n) is 7.73. The Kier molecular flexibility index (Phi) is 9.70. The molecule has 0 heterocycles. The molecule has 0 saturated carbocycles. The molecule has 2 nitrogen and oxygen atoms in total. The third-order valence-corrected chi connectivity index (χ3v) is 5.21. The molecule has 0 unspecified atom stereocenters. The van der Waals surface area contributed by atoms with Crippen molar-refractivity contribution in [1.29, 1.82) is 0 Å². The van der Waals surface area contributed by atoms with Gasteiger partial charge in [0.2, 0.25) is 0 Å². The Bertz CT molecular complexity index is 438. The van der Waals surface area contributed by atoms with Gasteiger partial charge in [0, 0.05) is 0 Å². The predicted molar refractivity (Wildman–Crippen MR) is 91.0 cm³/mol. The van der Waals surface area contributed by atoms with Crippen LogP contribution in [-0.4, -0.2) is 37.8 Å². The zero-order valence-electron chi connectivity index (χ0n) is 12.9. The summed E-state index contributed by atoms with van der Waals surface area (Å²) in [5.74, 6) is 2.67. The van der Waals surface area contributed by atoms with Gasteiger partial charge < -0.3 is 0 Å². The Hall–Kier alpha value is -1.23. The molecule has 114 valence electrons. The predicted octanol–water partition coefficient (Wildman–Crippen LogP) is 3.43. The molecule has 0 aliphatic rings. The molecule has 1 amide bonds. The number of rotatable bonds is 10. The summed E-state index contributed by atoms with van der Waals surface area (Å²) in [6.45, 7) is 3.93. The number of amides is 1. The van der Waals surface area contributed by atoms with Gasteiger partial charge in [-0.3, -0.25) is 0 Å². The summed E-state index contributed by atoms with van der Waals surface area (Å²) in [4.78, 5) is 14.8. The van der Waals surface area contributed by atoms with Crippen LogP contribution in [0, 0.1) is 12.3 Å². The molecule has 0 saturated heterocycles. The van der Waals surface area contributed by atoms with Crippen LogP contribution < -0.4 is 4.46 Å². The van der Waals surface area contributed by atoms with Crippen molar-refractivity contribution in [2.75, 3.05) is 13.1 Å². The van der Waals surface area contributed by atoms with Crippen molar-refractivity contribution in [3.05, 3.63) is 30.3 Å². The van der Waals surface area contributed by atoms with Gasteiger partial charge in [0.05, 0.1) is 0 Å². The molecular weight excluding hydrogens is 325 g/mol. The summed E-state index contributed by atoms with van der Waals surface area (Å²) in [7, 11) is 0. The summed E-state index contributed by atoms with van der Waals surface area (Å²) < 4.78 is 1.16. The first-order chi connectivity index (χ1) is 10.3. The van der Waals surface area contributed by atoms with E-state index in [0.29, 0.717) is 4.81 Å². The van der Waals surface area contributed by atoms with Crippen molar-refractivity contribution in [2.45, 2.75) is 45.4 Å². The van der Waals surface area contributed by atoms with Crippen LogP contribution in [0.15, 0.2) is 30.3 Å².